The van der Waals surface area contributed by atoms with Crippen molar-refractivity contribution in [3.63, 3.8) is 0 Å². The molecule has 84 valence electrons. The molecule has 16 heavy (non-hydrogen) atoms. The second-order valence-electron chi connectivity index (χ2n) is 3.30. The van der Waals surface area contributed by atoms with Gasteiger partial charge >= 0.3 is 0 Å². The fraction of sp³-hybridized carbons (Fsp3) is 0.273. The lowest BCUT2D eigenvalue weighted by atomic mass is 10.1. The average molecular weight is 282 g/mol. The van der Waals surface area contributed by atoms with Gasteiger partial charge in [-0.2, -0.15) is 0 Å². The van der Waals surface area contributed by atoms with Crippen molar-refractivity contribution >= 4 is 15.9 Å². The summed E-state index contributed by atoms with van der Waals surface area (Å²) in [6.45, 7) is 2.89. The highest BCUT2D eigenvalue weighted by atomic mass is 79.9. The molecule has 0 spiro atoms. The van der Waals surface area contributed by atoms with Crippen molar-refractivity contribution in [2.75, 3.05) is 6.54 Å². The molecule has 0 aliphatic carbocycles. The van der Waals surface area contributed by atoms with Crippen LogP contribution < -0.4 is 5.32 Å². The molecule has 0 aliphatic heterocycles. The number of hydrogen-bond acceptors (Lipinski definition) is 4. The Balaban J connectivity index is 2.35. The molecule has 0 aliphatic rings. The van der Waals surface area contributed by atoms with E-state index in [9.17, 15) is 0 Å². The van der Waals surface area contributed by atoms with Gasteiger partial charge in [-0.3, -0.25) is 0 Å². The van der Waals surface area contributed by atoms with Crippen molar-refractivity contribution in [1.29, 1.82) is 0 Å². The molecule has 1 unspecified atom stereocenters. The Morgan fingerprint density at radius 3 is 2.75 bits per heavy atom. The van der Waals surface area contributed by atoms with Gasteiger partial charge in [0, 0.05) is 18.0 Å². The largest absolute Gasteiger partial charge is 0.466 e. The van der Waals surface area contributed by atoms with E-state index in [4.69, 9.17) is 4.42 Å². The molecule has 1 N–H and O–H groups in total. The lowest BCUT2D eigenvalue weighted by molar-refractivity contribution is 0.448. The summed E-state index contributed by atoms with van der Waals surface area (Å²) >= 11 is 3.46. The third kappa shape index (κ3) is 2.31. The summed E-state index contributed by atoms with van der Waals surface area (Å²) in [6.07, 6.45) is 6.75. The molecule has 2 aromatic rings. The Kier molecular flexibility index (Phi) is 3.69. The Hall–Kier alpha value is -1.20. The predicted octanol–water partition coefficient (Wildman–Crippen LogP) is 2.53. The minimum atomic E-state index is -0.0180. The molecular formula is C11H12BrN3O. The van der Waals surface area contributed by atoms with Crippen LogP contribution in [0, 0.1) is 0 Å². The first kappa shape index (κ1) is 11.3. The Labute approximate surface area is 102 Å². The zero-order valence-electron chi connectivity index (χ0n) is 8.85. The quantitative estimate of drug-likeness (QED) is 0.936. The van der Waals surface area contributed by atoms with Gasteiger partial charge in [0.15, 0.2) is 0 Å². The Bertz CT molecular complexity index is 444. The van der Waals surface area contributed by atoms with Gasteiger partial charge in [0.05, 0.1) is 16.8 Å². The molecule has 0 bridgehead atoms. The maximum absolute atomic E-state index is 5.47. The molecule has 0 fully saturated rings. The van der Waals surface area contributed by atoms with E-state index in [0.717, 1.165) is 22.3 Å². The van der Waals surface area contributed by atoms with Crippen LogP contribution in [0.4, 0.5) is 0 Å². The summed E-state index contributed by atoms with van der Waals surface area (Å²) in [5.74, 6) is 0.844. The number of aromatic nitrogens is 2. The minimum absolute atomic E-state index is 0.0180. The van der Waals surface area contributed by atoms with E-state index in [2.05, 4.69) is 31.2 Å². The van der Waals surface area contributed by atoms with Crippen LogP contribution in [0.1, 0.15) is 24.3 Å². The molecule has 0 radical (unpaired) electrons. The van der Waals surface area contributed by atoms with E-state index >= 15 is 0 Å². The highest BCUT2D eigenvalue weighted by Gasteiger charge is 2.19. The van der Waals surface area contributed by atoms with Crippen LogP contribution in [0.5, 0.6) is 0 Å². The first-order chi connectivity index (χ1) is 7.83. The van der Waals surface area contributed by atoms with E-state index in [-0.39, 0.29) is 6.04 Å². The highest BCUT2D eigenvalue weighted by Crippen LogP contribution is 2.28. The summed E-state index contributed by atoms with van der Waals surface area (Å²) < 4.78 is 6.42. The van der Waals surface area contributed by atoms with Crippen LogP contribution in [-0.2, 0) is 0 Å². The second-order valence-corrected chi connectivity index (χ2v) is 4.15. The van der Waals surface area contributed by atoms with Crippen molar-refractivity contribution < 1.29 is 4.42 Å². The van der Waals surface area contributed by atoms with Gasteiger partial charge in [0.2, 0.25) is 0 Å². The minimum Gasteiger partial charge on any atom is -0.466 e. The van der Waals surface area contributed by atoms with Crippen LogP contribution in [0.25, 0.3) is 0 Å². The van der Waals surface area contributed by atoms with Gasteiger partial charge in [-0.05, 0) is 28.5 Å². The smallest absolute Gasteiger partial charge is 0.139 e. The van der Waals surface area contributed by atoms with Crippen molar-refractivity contribution in [3.8, 4) is 0 Å². The lowest BCUT2D eigenvalue weighted by Crippen LogP contribution is -2.22. The molecular weight excluding hydrogens is 270 g/mol. The maximum Gasteiger partial charge on any atom is 0.139 e. The summed E-state index contributed by atoms with van der Waals surface area (Å²) in [5.41, 5.74) is 0.986. The van der Waals surface area contributed by atoms with Crippen molar-refractivity contribution in [2.45, 2.75) is 13.0 Å². The van der Waals surface area contributed by atoms with Gasteiger partial charge in [0.25, 0.3) is 0 Å². The first-order valence-corrected chi connectivity index (χ1v) is 5.83. The molecule has 4 nitrogen and oxygen atoms in total. The van der Waals surface area contributed by atoms with Crippen molar-refractivity contribution in [3.05, 3.63) is 46.8 Å². The number of nitrogens with zero attached hydrogens (tertiary/aromatic N) is 2. The lowest BCUT2D eigenvalue weighted by Gasteiger charge is -2.15. The molecule has 1 atom stereocenters. The van der Waals surface area contributed by atoms with E-state index in [1.807, 2.05) is 13.0 Å². The van der Waals surface area contributed by atoms with Crippen LogP contribution in [0.3, 0.4) is 0 Å². The number of rotatable bonds is 4. The second kappa shape index (κ2) is 5.23. The number of furan rings is 1. The van der Waals surface area contributed by atoms with Gasteiger partial charge in [-0.15, -0.1) is 0 Å². The molecule has 0 saturated carbocycles. The van der Waals surface area contributed by atoms with E-state index in [1.54, 1.807) is 18.7 Å². The average Bonchev–Trinajstić information content (AvgIpc) is 2.73. The summed E-state index contributed by atoms with van der Waals surface area (Å²) in [4.78, 5) is 8.04. The third-order valence-corrected chi connectivity index (χ3v) is 2.88. The Morgan fingerprint density at radius 2 is 2.19 bits per heavy atom. The number of hydrogen-bond donors (Lipinski definition) is 1. The monoisotopic (exact) mass is 281 g/mol. The summed E-state index contributed by atoms with van der Waals surface area (Å²) in [7, 11) is 0. The summed E-state index contributed by atoms with van der Waals surface area (Å²) in [5, 5.41) is 3.34. The first-order valence-electron chi connectivity index (χ1n) is 5.04. The maximum atomic E-state index is 5.47. The zero-order chi connectivity index (χ0) is 11.4. The van der Waals surface area contributed by atoms with Gasteiger partial charge in [-0.25, -0.2) is 9.97 Å². The molecule has 2 aromatic heterocycles. The molecule has 0 aromatic carbocycles. The molecule has 2 heterocycles. The summed E-state index contributed by atoms with van der Waals surface area (Å²) in [6, 6.07) is 1.86. The molecule has 0 saturated heterocycles. The van der Waals surface area contributed by atoms with Crippen LogP contribution >= 0.6 is 15.9 Å². The van der Waals surface area contributed by atoms with Crippen molar-refractivity contribution in [2.24, 2.45) is 0 Å². The number of halogens is 1. The fourth-order valence-electron chi connectivity index (χ4n) is 1.54. The third-order valence-electron chi connectivity index (χ3n) is 2.23. The van der Waals surface area contributed by atoms with Gasteiger partial charge in [-0.1, -0.05) is 6.92 Å². The SMILES string of the molecule is CCNC(c1cncnc1)c1occc1Br. The molecule has 5 heteroatoms. The van der Waals surface area contributed by atoms with Gasteiger partial charge in [0.1, 0.15) is 12.1 Å². The zero-order valence-corrected chi connectivity index (χ0v) is 10.4. The van der Waals surface area contributed by atoms with Crippen LogP contribution in [0.2, 0.25) is 0 Å². The fourth-order valence-corrected chi connectivity index (χ4v) is 1.97. The molecule has 2 rings (SSSR count). The van der Waals surface area contributed by atoms with E-state index < -0.39 is 0 Å². The van der Waals surface area contributed by atoms with Crippen LogP contribution in [0.15, 0.2) is 39.9 Å². The van der Waals surface area contributed by atoms with Crippen LogP contribution in [-0.4, -0.2) is 16.5 Å². The van der Waals surface area contributed by atoms with Gasteiger partial charge < -0.3 is 9.73 Å². The highest BCUT2D eigenvalue weighted by molar-refractivity contribution is 9.10. The standard InChI is InChI=1S/C11H12BrN3O/c1-2-15-10(8-5-13-7-14-6-8)11-9(12)3-4-16-11/h3-7,10,15H,2H2,1H3. The van der Waals surface area contributed by atoms with Crippen molar-refractivity contribution in [1.82, 2.24) is 15.3 Å². The van der Waals surface area contributed by atoms with E-state index in [0.29, 0.717) is 0 Å². The van der Waals surface area contributed by atoms with E-state index in [1.165, 1.54) is 6.33 Å². The topological polar surface area (TPSA) is 51.0 Å². The Morgan fingerprint density at radius 1 is 1.44 bits per heavy atom. The molecule has 0 amide bonds. The predicted molar refractivity (Wildman–Crippen MR) is 64.0 cm³/mol. The normalized spacial score (nSPS) is 12.6. The number of nitrogens with one attached hydrogen (secondary N) is 1.